The molecule has 5 heteroatoms. The number of halogens is 1. The van der Waals surface area contributed by atoms with Crippen LogP contribution in [-0.4, -0.2) is 15.8 Å². The molecule has 0 amide bonds. The van der Waals surface area contributed by atoms with Crippen molar-refractivity contribution < 1.29 is 0 Å². The van der Waals surface area contributed by atoms with E-state index >= 15 is 0 Å². The van der Waals surface area contributed by atoms with Gasteiger partial charge in [-0.15, -0.1) is 0 Å². The molecule has 2 aliphatic carbocycles. The molecule has 4 nitrogen and oxygen atoms in total. The monoisotopic (exact) mass is 353 g/mol. The van der Waals surface area contributed by atoms with Gasteiger partial charge in [-0.25, -0.2) is 4.68 Å². The van der Waals surface area contributed by atoms with E-state index in [4.69, 9.17) is 0 Å². The third kappa shape index (κ3) is 3.68. The highest BCUT2D eigenvalue weighted by Gasteiger charge is 2.28. The standard InChI is InChI=1S/C16H24BrN3O/c1-16(2)7-3-4-12(8-16)19-13-9-18-20(10-11-5-6-11)15(21)14(13)17/h9,11-12,19H,3-8,10H2,1-2H3. The number of anilines is 1. The largest absolute Gasteiger partial charge is 0.380 e. The fraction of sp³-hybridized carbons (Fsp3) is 0.750. The Morgan fingerprint density at radius 1 is 1.43 bits per heavy atom. The van der Waals surface area contributed by atoms with Gasteiger partial charge < -0.3 is 5.32 Å². The number of rotatable bonds is 4. The predicted octanol–water partition coefficient (Wildman–Crippen LogP) is 3.80. The number of hydrogen-bond donors (Lipinski definition) is 1. The lowest BCUT2D eigenvalue weighted by Gasteiger charge is -2.36. The summed E-state index contributed by atoms with van der Waals surface area (Å²) in [6.07, 6.45) is 9.09. The molecular formula is C16H24BrN3O. The van der Waals surface area contributed by atoms with E-state index in [1.54, 1.807) is 10.9 Å². The van der Waals surface area contributed by atoms with Crippen LogP contribution in [0.1, 0.15) is 52.4 Å². The summed E-state index contributed by atoms with van der Waals surface area (Å²) >= 11 is 3.46. The predicted molar refractivity (Wildman–Crippen MR) is 88.6 cm³/mol. The summed E-state index contributed by atoms with van der Waals surface area (Å²) in [5, 5.41) is 7.85. The van der Waals surface area contributed by atoms with Crippen LogP contribution in [0.3, 0.4) is 0 Å². The first-order valence-electron chi connectivity index (χ1n) is 7.97. The summed E-state index contributed by atoms with van der Waals surface area (Å²) in [5.41, 5.74) is 1.22. The van der Waals surface area contributed by atoms with Crippen LogP contribution >= 0.6 is 15.9 Å². The Morgan fingerprint density at radius 2 is 2.19 bits per heavy atom. The van der Waals surface area contributed by atoms with Gasteiger partial charge >= 0.3 is 0 Å². The SMILES string of the molecule is CC1(C)CCCC(Nc2cnn(CC3CC3)c(=O)c2Br)C1. The number of nitrogens with one attached hydrogen (secondary N) is 1. The zero-order chi connectivity index (χ0) is 15.0. The van der Waals surface area contributed by atoms with E-state index in [0.29, 0.717) is 21.8 Å². The number of nitrogens with zero attached hydrogens (tertiary/aromatic N) is 2. The first kappa shape index (κ1) is 15.1. The smallest absolute Gasteiger partial charge is 0.283 e. The number of hydrogen-bond acceptors (Lipinski definition) is 3. The van der Waals surface area contributed by atoms with Crippen molar-refractivity contribution in [2.75, 3.05) is 5.32 Å². The minimum absolute atomic E-state index is 0.0121. The lowest BCUT2D eigenvalue weighted by atomic mass is 9.75. The topological polar surface area (TPSA) is 46.9 Å². The molecule has 21 heavy (non-hydrogen) atoms. The lowest BCUT2D eigenvalue weighted by Crippen LogP contribution is -2.33. The van der Waals surface area contributed by atoms with Crippen LogP contribution in [0.5, 0.6) is 0 Å². The Hall–Kier alpha value is -0.840. The van der Waals surface area contributed by atoms with Gasteiger partial charge in [-0.1, -0.05) is 20.3 Å². The maximum atomic E-state index is 12.3. The summed E-state index contributed by atoms with van der Waals surface area (Å²) in [6.45, 7) is 5.40. The minimum atomic E-state index is -0.0121. The van der Waals surface area contributed by atoms with Crippen molar-refractivity contribution in [1.82, 2.24) is 9.78 Å². The van der Waals surface area contributed by atoms with E-state index in [9.17, 15) is 4.79 Å². The molecule has 0 aliphatic heterocycles. The van der Waals surface area contributed by atoms with Crippen molar-refractivity contribution >= 4 is 21.6 Å². The molecule has 116 valence electrons. The molecule has 0 bridgehead atoms. The van der Waals surface area contributed by atoms with Crippen molar-refractivity contribution in [1.29, 1.82) is 0 Å². The van der Waals surface area contributed by atoms with Crippen molar-refractivity contribution in [3.8, 4) is 0 Å². The molecular weight excluding hydrogens is 330 g/mol. The Kier molecular flexibility index (Phi) is 4.12. The Bertz CT molecular complexity index is 577. The molecule has 2 fully saturated rings. The van der Waals surface area contributed by atoms with E-state index in [2.05, 4.69) is 40.2 Å². The Balaban J connectivity index is 1.73. The Labute approximate surface area is 134 Å². The van der Waals surface area contributed by atoms with E-state index in [1.165, 1.54) is 32.1 Å². The van der Waals surface area contributed by atoms with Gasteiger partial charge in [-0.3, -0.25) is 4.79 Å². The van der Waals surface area contributed by atoms with Crippen molar-refractivity contribution in [2.24, 2.45) is 11.3 Å². The van der Waals surface area contributed by atoms with E-state index < -0.39 is 0 Å². The quantitative estimate of drug-likeness (QED) is 0.895. The lowest BCUT2D eigenvalue weighted by molar-refractivity contribution is 0.229. The van der Waals surface area contributed by atoms with Gasteiger partial charge in [-0.05, 0) is 59.4 Å². The molecule has 1 N–H and O–H groups in total. The highest BCUT2D eigenvalue weighted by molar-refractivity contribution is 9.10. The fourth-order valence-electron chi connectivity index (χ4n) is 3.28. The molecule has 0 aromatic carbocycles. The second kappa shape index (κ2) is 5.75. The third-order valence-corrected chi connectivity index (χ3v) is 5.44. The van der Waals surface area contributed by atoms with Gasteiger partial charge in [0.15, 0.2) is 0 Å². The first-order chi connectivity index (χ1) is 9.94. The molecule has 0 radical (unpaired) electrons. The summed E-state index contributed by atoms with van der Waals surface area (Å²) < 4.78 is 2.22. The zero-order valence-electron chi connectivity index (χ0n) is 12.9. The van der Waals surface area contributed by atoms with Crippen LogP contribution < -0.4 is 10.9 Å². The maximum Gasteiger partial charge on any atom is 0.283 e. The summed E-state index contributed by atoms with van der Waals surface area (Å²) in [7, 11) is 0. The van der Waals surface area contributed by atoms with Gasteiger partial charge in [0.1, 0.15) is 4.47 Å². The molecule has 1 aromatic rings. The molecule has 2 aliphatic rings. The van der Waals surface area contributed by atoms with Gasteiger partial charge in [0, 0.05) is 12.6 Å². The molecule has 1 unspecified atom stereocenters. The van der Waals surface area contributed by atoms with Crippen molar-refractivity contribution in [2.45, 2.75) is 65.0 Å². The summed E-state index contributed by atoms with van der Waals surface area (Å²) in [5.74, 6) is 0.653. The maximum absolute atomic E-state index is 12.3. The molecule has 1 heterocycles. The molecule has 1 atom stereocenters. The highest BCUT2D eigenvalue weighted by atomic mass is 79.9. The van der Waals surface area contributed by atoms with Crippen molar-refractivity contribution in [3.63, 3.8) is 0 Å². The van der Waals surface area contributed by atoms with Gasteiger partial charge in [-0.2, -0.15) is 5.10 Å². The van der Waals surface area contributed by atoms with Crippen LogP contribution in [0.4, 0.5) is 5.69 Å². The average Bonchev–Trinajstić information content (AvgIpc) is 3.21. The summed E-state index contributed by atoms with van der Waals surface area (Å²) in [4.78, 5) is 12.3. The van der Waals surface area contributed by atoms with Crippen molar-refractivity contribution in [3.05, 3.63) is 21.0 Å². The second-order valence-corrected chi connectivity index (χ2v) is 8.20. The zero-order valence-corrected chi connectivity index (χ0v) is 14.4. The number of aromatic nitrogens is 2. The van der Waals surface area contributed by atoms with E-state index in [-0.39, 0.29) is 5.56 Å². The molecule has 3 rings (SSSR count). The minimum Gasteiger partial charge on any atom is -0.380 e. The van der Waals surface area contributed by atoms with Gasteiger partial charge in [0.05, 0.1) is 11.9 Å². The van der Waals surface area contributed by atoms with Gasteiger partial charge in [0.2, 0.25) is 0 Å². The molecule has 1 aromatic heterocycles. The molecule has 0 spiro atoms. The summed E-state index contributed by atoms with van der Waals surface area (Å²) in [6, 6.07) is 0.436. The van der Waals surface area contributed by atoms with Crippen LogP contribution in [0, 0.1) is 11.3 Å². The molecule has 0 saturated heterocycles. The van der Waals surface area contributed by atoms with Crippen LogP contribution in [0.2, 0.25) is 0 Å². The first-order valence-corrected chi connectivity index (χ1v) is 8.76. The van der Waals surface area contributed by atoms with E-state index in [0.717, 1.165) is 18.7 Å². The molecule has 2 saturated carbocycles. The van der Waals surface area contributed by atoms with E-state index in [1.807, 2.05) is 0 Å². The average molecular weight is 354 g/mol. The fourth-order valence-corrected chi connectivity index (χ4v) is 3.70. The highest BCUT2D eigenvalue weighted by Crippen LogP contribution is 2.36. The normalized spacial score (nSPS) is 24.8. The second-order valence-electron chi connectivity index (χ2n) is 7.40. The van der Waals surface area contributed by atoms with Crippen LogP contribution in [-0.2, 0) is 6.54 Å². The Morgan fingerprint density at radius 3 is 2.86 bits per heavy atom. The van der Waals surface area contributed by atoms with Gasteiger partial charge in [0.25, 0.3) is 5.56 Å². The van der Waals surface area contributed by atoms with Crippen LogP contribution in [0.25, 0.3) is 0 Å². The van der Waals surface area contributed by atoms with Crippen LogP contribution in [0.15, 0.2) is 15.5 Å². The third-order valence-electron chi connectivity index (χ3n) is 4.68.